The third-order valence-corrected chi connectivity index (χ3v) is 4.40. The third-order valence-electron chi connectivity index (χ3n) is 4.40. The molecule has 0 fully saturated rings. The molecule has 0 aliphatic carbocycles. The predicted molar refractivity (Wildman–Crippen MR) is 97.3 cm³/mol. The first-order chi connectivity index (χ1) is 11.8. The van der Waals surface area contributed by atoms with E-state index in [0.29, 0.717) is 6.54 Å². The van der Waals surface area contributed by atoms with Crippen LogP contribution in [-0.4, -0.2) is 14.3 Å². The van der Waals surface area contributed by atoms with Crippen molar-refractivity contribution in [2.24, 2.45) is 0 Å². The Morgan fingerprint density at radius 2 is 1.71 bits per heavy atom. The van der Waals surface area contributed by atoms with Crippen LogP contribution in [0.2, 0.25) is 0 Å². The highest BCUT2D eigenvalue weighted by atomic mass is 16.1. The maximum atomic E-state index is 13.1. The Hall–Kier alpha value is -2.88. The lowest BCUT2D eigenvalue weighted by Gasteiger charge is -2.07. The van der Waals surface area contributed by atoms with Gasteiger partial charge in [0.2, 0.25) is 0 Å². The van der Waals surface area contributed by atoms with Gasteiger partial charge in [0.1, 0.15) is 0 Å². The Kier molecular flexibility index (Phi) is 3.65. The molecule has 0 radical (unpaired) electrons. The zero-order valence-electron chi connectivity index (χ0n) is 13.6. The summed E-state index contributed by atoms with van der Waals surface area (Å²) in [6, 6.07) is 18.1. The quantitative estimate of drug-likeness (QED) is 0.574. The molecule has 0 aliphatic rings. The lowest BCUT2D eigenvalue weighted by atomic mass is 10.2. The highest BCUT2D eigenvalue weighted by molar-refractivity contribution is 6.07. The second-order valence-electron chi connectivity index (χ2n) is 6.02. The number of benzene rings is 2. The molecule has 2 aromatic carbocycles. The minimum Gasteiger partial charge on any atom is -0.339 e. The Morgan fingerprint density at radius 1 is 0.958 bits per heavy atom. The minimum absolute atomic E-state index is 0.0255. The van der Waals surface area contributed by atoms with Gasteiger partial charge < -0.3 is 4.57 Å². The van der Waals surface area contributed by atoms with Crippen LogP contribution in [0.1, 0.15) is 18.9 Å². The first kappa shape index (κ1) is 14.7. The maximum Gasteiger partial charge on any atom is 0.277 e. The van der Waals surface area contributed by atoms with Crippen molar-refractivity contribution in [3.63, 3.8) is 0 Å². The van der Waals surface area contributed by atoms with E-state index in [-0.39, 0.29) is 5.56 Å². The molecule has 0 bridgehead atoms. The first-order valence-corrected chi connectivity index (χ1v) is 8.30. The van der Waals surface area contributed by atoms with Gasteiger partial charge in [0, 0.05) is 17.4 Å². The molecule has 0 amide bonds. The number of para-hydroxylation sites is 1. The largest absolute Gasteiger partial charge is 0.339 e. The predicted octanol–water partition coefficient (Wildman–Crippen LogP) is 3.81. The molecule has 2 heterocycles. The summed E-state index contributed by atoms with van der Waals surface area (Å²) in [5, 5.41) is 6.20. The van der Waals surface area contributed by atoms with Gasteiger partial charge in [0.25, 0.3) is 5.56 Å². The second-order valence-corrected chi connectivity index (χ2v) is 6.02. The van der Waals surface area contributed by atoms with Crippen LogP contribution in [0.25, 0.3) is 21.8 Å². The lowest BCUT2D eigenvalue weighted by Crippen LogP contribution is -2.23. The molecule has 0 N–H and O–H groups in total. The molecule has 0 aliphatic heterocycles. The van der Waals surface area contributed by atoms with Crippen molar-refractivity contribution in [2.75, 3.05) is 0 Å². The van der Waals surface area contributed by atoms with E-state index in [4.69, 9.17) is 0 Å². The molecule has 4 rings (SSSR count). The monoisotopic (exact) mass is 317 g/mol. The van der Waals surface area contributed by atoms with Crippen molar-refractivity contribution in [1.29, 1.82) is 0 Å². The molecule has 0 unspecified atom stereocenters. The van der Waals surface area contributed by atoms with Gasteiger partial charge in [0.15, 0.2) is 0 Å². The van der Waals surface area contributed by atoms with Crippen LogP contribution in [0, 0.1) is 0 Å². The van der Waals surface area contributed by atoms with Crippen molar-refractivity contribution in [2.45, 2.75) is 26.4 Å². The van der Waals surface area contributed by atoms with E-state index in [2.05, 4.69) is 22.7 Å². The number of nitrogens with zero attached hydrogens (tertiary/aromatic N) is 3. The fraction of sp³-hybridized carbons (Fsp3) is 0.200. The number of aromatic nitrogens is 3. The van der Waals surface area contributed by atoms with Gasteiger partial charge in [-0.3, -0.25) is 4.79 Å². The Balaban J connectivity index is 1.96. The van der Waals surface area contributed by atoms with Crippen molar-refractivity contribution < 1.29 is 0 Å². The Bertz CT molecular complexity index is 1060. The standard InChI is InChI=1S/C20H19N3O/c1-2-12-22-17-11-7-6-10-16(17)19-18(22)13-21-23(20(19)24)14-15-8-4-3-5-9-15/h3-11,13H,2,12,14H2,1H3. The Labute approximate surface area is 140 Å². The molecule has 2 aromatic heterocycles. The summed E-state index contributed by atoms with van der Waals surface area (Å²) in [6.07, 6.45) is 2.84. The first-order valence-electron chi connectivity index (χ1n) is 8.30. The van der Waals surface area contributed by atoms with E-state index in [1.165, 1.54) is 0 Å². The molecule has 4 aromatic rings. The molecule has 24 heavy (non-hydrogen) atoms. The zero-order valence-corrected chi connectivity index (χ0v) is 13.6. The summed E-state index contributed by atoms with van der Waals surface area (Å²) in [7, 11) is 0. The lowest BCUT2D eigenvalue weighted by molar-refractivity contribution is 0.643. The van der Waals surface area contributed by atoms with Crippen molar-refractivity contribution >= 4 is 21.8 Å². The zero-order chi connectivity index (χ0) is 16.5. The van der Waals surface area contributed by atoms with E-state index < -0.39 is 0 Å². The van der Waals surface area contributed by atoms with E-state index in [9.17, 15) is 4.79 Å². The van der Waals surface area contributed by atoms with Crippen molar-refractivity contribution in [3.05, 3.63) is 76.7 Å². The van der Waals surface area contributed by atoms with E-state index in [1.54, 1.807) is 4.68 Å². The summed E-state index contributed by atoms with van der Waals surface area (Å²) >= 11 is 0. The summed E-state index contributed by atoms with van der Waals surface area (Å²) in [6.45, 7) is 3.52. The molecular formula is C20H19N3O. The molecule has 4 nitrogen and oxygen atoms in total. The number of rotatable bonds is 4. The summed E-state index contributed by atoms with van der Waals surface area (Å²) < 4.78 is 3.76. The summed E-state index contributed by atoms with van der Waals surface area (Å²) in [4.78, 5) is 13.1. The highest BCUT2D eigenvalue weighted by Crippen LogP contribution is 2.26. The van der Waals surface area contributed by atoms with Gasteiger partial charge in [-0.2, -0.15) is 5.10 Å². The van der Waals surface area contributed by atoms with Crippen LogP contribution in [0.15, 0.2) is 65.6 Å². The van der Waals surface area contributed by atoms with E-state index >= 15 is 0 Å². The molecule has 120 valence electrons. The number of fused-ring (bicyclic) bond motifs is 3. The normalized spacial score (nSPS) is 11.4. The second kappa shape index (κ2) is 5.96. The highest BCUT2D eigenvalue weighted by Gasteiger charge is 2.15. The van der Waals surface area contributed by atoms with Crippen LogP contribution >= 0.6 is 0 Å². The number of hydrogen-bond donors (Lipinski definition) is 0. The molecule has 0 atom stereocenters. The average Bonchev–Trinajstić information content (AvgIpc) is 2.94. The third kappa shape index (κ3) is 2.31. The fourth-order valence-electron chi connectivity index (χ4n) is 3.32. The van der Waals surface area contributed by atoms with Gasteiger partial charge in [-0.1, -0.05) is 55.5 Å². The molecule has 4 heteroatoms. The van der Waals surface area contributed by atoms with Gasteiger partial charge >= 0.3 is 0 Å². The van der Waals surface area contributed by atoms with Gasteiger partial charge in [0.05, 0.1) is 23.6 Å². The fourth-order valence-corrected chi connectivity index (χ4v) is 3.32. The van der Waals surface area contributed by atoms with Crippen molar-refractivity contribution in [3.8, 4) is 0 Å². The van der Waals surface area contributed by atoms with E-state index in [1.807, 2.05) is 54.7 Å². The number of aryl methyl sites for hydroxylation is 1. The summed E-state index contributed by atoms with van der Waals surface area (Å²) in [5.41, 5.74) is 3.07. The molecule has 0 saturated carbocycles. The van der Waals surface area contributed by atoms with Crippen LogP contribution in [-0.2, 0) is 13.1 Å². The minimum atomic E-state index is -0.0255. The van der Waals surface area contributed by atoms with Gasteiger partial charge in [-0.25, -0.2) is 4.68 Å². The smallest absolute Gasteiger partial charge is 0.277 e. The SMILES string of the molecule is CCCn1c2ccccc2c2c(=O)n(Cc3ccccc3)ncc21. The summed E-state index contributed by atoms with van der Waals surface area (Å²) in [5.74, 6) is 0. The van der Waals surface area contributed by atoms with Crippen LogP contribution < -0.4 is 5.56 Å². The average molecular weight is 317 g/mol. The van der Waals surface area contributed by atoms with Crippen LogP contribution in [0.5, 0.6) is 0 Å². The molecule has 0 spiro atoms. The molecular weight excluding hydrogens is 298 g/mol. The Morgan fingerprint density at radius 3 is 2.50 bits per heavy atom. The van der Waals surface area contributed by atoms with Crippen molar-refractivity contribution in [1.82, 2.24) is 14.3 Å². The number of hydrogen-bond acceptors (Lipinski definition) is 2. The van der Waals surface area contributed by atoms with Gasteiger partial charge in [-0.15, -0.1) is 0 Å². The van der Waals surface area contributed by atoms with Gasteiger partial charge in [-0.05, 0) is 18.1 Å². The maximum absolute atomic E-state index is 13.1. The topological polar surface area (TPSA) is 39.8 Å². The van der Waals surface area contributed by atoms with Crippen LogP contribution in [0.4, 0.5) is 0 Å². The molecule has 0 saturated heterocycles. The van der Waals surface area contributed by atoms with E-state index in [0.717, 1.165) is 40.3 Å². The van der Waals surface area contributed by atoms with Crippen LogP contribution in [0.3, 0.4) is 0 Å².